The largest absolute Gasteiger partial charge is 0.394 e. The number of halogens is 1. The molecule has 1 atom stereocenters. The normalized spacial score (nSPS) is 18.0. The van der Waals surface area contributed by atoms with Gasteiger partial charge < -0.3 is 15.7 Å². The van der Waals surface area contributed by atoms with Crippen LogP contribution in [0.3, 0.4) is 0 Å². The molecule has 0 saturated carbocycles. The van der Waals surface area contributed by atoms with Gasteiger partial charge in [-0.05, 0) is 37.5 Å². The first-order valence-electron chi connectivity index (χ1n) is 7.07. The van der Waals surface area contributed by atoms with Gasteiger partial charge in [0.1, 0.15) is 5.82 Å². The molecule has 5 heteroatoms. The van der Waals surface area contributed by atoms with Gasteiger partial charge in [0.2, 0.25) is 0 Å². The molecule has 1 aliphatic heterocycles. The highest BCUT2D eigenvalue weighted by Crippen LogP contribution is 2.21. The average Bonchev–Trinajstić information content (AvgIpc) is 2.52. The number of hydrogen-bond acceptors (Lipinski definition) is 3. The smallest absolute Gasteiger partial charge is 0.255 e. The zero-order valence-corrected chi connectivity index (χ0v) is 11.8. The van der Waals surface area contributed by atoms with Crippen molar-refractivity contribution in [1.82, 2.24) is 4.90 Å². The standard InChI is InChI=1S/C16H19FN2O2/c17-13-6-7-15(12(10-13)4-3-8-18)16(21)19-9-2-1-5-14(19)11-20/h6-7,10,14,20H,1-2,5,8-9,11,18H2. The van der Waals surface area contributed by atoms with E-state index in [0.717, 1.165) is 19.3 Å². The lowest BCUT2D eigenvalue weighted by Crippen LogP contribution is -2.45. The maximum Gasteiger partial charge on any atom is 0.255 e. The summed E-state index contributed by atoms with van der Waals surface area (Å²) < 4.78 is 13.4. The van der Waals surface area contributed by atoms with E-state index in [-0.39, 0.29) is 25.1 Å². The summed E-state index contributed by atoms with van der Waals surface area (Å²) in [6.07, 6.45) is 2.69. The van der Waals surface area contributed by atoms with E-state index in [1.807, 2.05) is 0 Å². The summed E-state index contributed by atoms with van der Waals surface area (Å²) >= 11 is 0. The van der Waals surface area contributed by atoms with Gasteiger partial charge in [0.15, 0.2) is 0 Å². The first-order valence-corrected chi connectivity index (χ1v) is 7.07. The van der Waals surface area contributed by atoms with E-state index in [4.69, 9.17) is 5.73 Å². The molecule has 4 nitrogen and oxygen atoms in total. The van der Waals surface area contributed by atoms with Crippen molar-refractivity contribution in [3.8, 4) is 11.8 Å². The van der Waals surface area contributed by atoms with Crippen LogP contribution in [0.25, 0.3) is 0 Å². The van der Waals surface area contributed by atoms with E-state index in [9.17, 15) is 14.3 Å². The molecule has 0 bridgehead atoms. The predicted octanol–water partition coefficient (Wildman–Crippen LogP) is 1.12. The molecule has 0 aliphatic carbocycles. The number of carbonyl (C=O) groups excluding carboxylic acids is 1. The molecular formula is C16H19FN2O2. The minimum Gasteiger partial charge on any atom is -0.394 e. The second-order valence-corrected chi connectivity index (χ2v) is 5.03. The molecule has 1 fully saturated rings. The number of carbonyl (C=O) groups is 1. The van der Waals surface area contributed by atoms with Crippen LogP contribution in [-0.2, 0) is 0 Å². The summed E-state index contributed by atoms with van der Waals surface area (Å²) in [5.41, 5.74) is 6.03. The summed E-state index contributed by atoms with van der Waals surface area (Å²) in [5, 5.41) is 9.41. The number of hydrogen-bond donors (Lipinski definition) is 2. The average molecular weight is 290 g/mol. The molecule has 1 unspecified atom stereocenters. The number of rotatable bonds is 2. The Morgan fingerprint density at radius 3 is 3.00 bits per heavy atom. The van der Waals surface area contributed by atoms with Crippen LogP contribution in [0, 0.1) is 17.7 Å². The monoisotopic (exact) mass is 290 g/mol. The fraction of sp³-hybridized carbons (Fsp3) is 0.438. The first-order chi connectivity index (χ1) is 10.2. The molecule has 0 radical (unpaired) electrons. The Morgan fingerprint density at radius 1 is 1.48 bits per heavy atom. The minimum absolute atomic E-state index is 0.0588. The Bertz CT molecular complexity index is 577. The molecule has 1 saturated heterocycles. The van der Waals surface area contributed by atoms with Crippen molar-refractivity contribution < 1.29 is 14.3 Å². The summed E-state index contributed by atoms with van der Waals surface area (Å²) in [6.45, 7) is 0.690. The number of amides is 1. The highest BCUT2D eigenvalue weighted by molar-refractivity contribution is 5.97. The van der Waals surface area contributed by atoms with Gasteiger partial charge in [0.05, 0.1) is 24.8 Å². The topological polar surface area (TPSA) is 66.6 Å². The van der Waals surface area contributed by atoms with Crippen LogP contribution < -0.4 is 5.73 Å². The Kier molecular flexibility index (Phi) is 5.32. The summed E-state index contributed by atoms with van der Waals surface area (Å²) in [7, 11) is 0. The van der Waals surface area contributed by atoms with E-state index in [1.54, 1.807) is 4.90 Å². The molecule has 0 spiro atoms. The molecule has 1 aromatic rings. The predicted molar refractivity (Wildman–Crippen MR) is 78.1 cm³/mol. The van der Waals surface area contributed by atoms with E-state index < -0.39 is 5.82 Å². The van der Waals surface area contributed by atoms with Crippen LogP contribution in [0.1, 0.15) is 35.2 Å². The van der Waals surface area contributed by atoms with Gasteiger partial charge in [-0.2, -0.15) is 0 Å². The maximum absolute atomic E-state index is 13.4. The van der Waals surface area contributed by atoms with Crippen LogP contribution in [0.15, 0.2) is 18.2 Å². The highest BCUT2D eigenvalue weighted by Gasteiger charge is 2.28. The lowest BCUT2D eigenvalue weighted by atomic mass is 9.99. The molecule has 112 valence electrons. The summed E-state index contributed by atoms with van der Waals surface area (Å²) in [5.74, 6) is 4.74. The highest BCUT2D eigenvalue weighted by atomic mass is 19.1. The SMILES string of the molecule is NCC#Cc1cc(F)ccc1C(=O)N1CCCCC1CO. The maximum atomic E-state index is 13.4. The number of nitrogens with two attached hydrogens (primary N) is 1. The number of aliphatic hydroxyl groups excluding tert-OH is 1. The zero-order chi connectivity index (χ0) is 15.2. The molecule has 1 aromatic carbocycles. The van der Waals surface area contributed by atoms with Crippen molar-refractivity contribution in [2.45, 2.75) is 25.3 Å². The van der Waals surface area contributed by atoms with Crippen molar-refractivity contribution in [3.63, 3.8) is 0 Å². The zero-order valence-electron chi connectivity index (χ0n) is 11.8. The van der Waals surface area contributed by atoms with Gasteiger partial charge in [-0.15, -0.1) is 0 Å². The first kappa shape index (κ1) is 15.5. The summed E-state index contributed by atoms with van der Waals surface area (Å²) in [4.78, 5) is 14.3. The van der Waals surface area contributed by atoms with Crippen LogP contribution in [-0.4, -0.2) is 41.7 Å². The Balaban J connectivity index is 2.33. The molecule has 2 rings (SSSR count). The third-order valence-electron chi connectivity index (χ3n) is 3.64. The summed E-state index contributed by atoms with van der Waals surface area (Å²) in [6, 6.07) is 3.76. The van der Waals surface area contributed by atoms with Crippen molar-refractivity contribution >= 4 is 5.91 Å². The molecule has 3 N–H and O–H groups in total. The third kappa shape index (κ3) is 3.60. The van der Waals surface area contributed by atoms with Crippen LogP contribution >= 0.6 is 0 Å². The number of piperidine rings is 1. The number of benzene rings is 1. The van der Waals surface area contributed by atoms with Crippen LogP contribution in [0.5, 0.6) is 0 Å². The van der Waals surface area contributed by atoms with E-state index in [1.165, 1.54) is 18.2 Å². The van der Waals surface area contributed by atoms with E-state index in [0.29, 0.717) is 17.7 Å². The van der Waals surface area contributed by atoms with Crippen LogP contribution in [0.4, 0.5) is 4.39 Å². The van der Waals surface area contributed by atoms with Gasteiger partial charge in [-0.25, -0.2) is 4.39 Å². The molecule has 0 aromatic heterocycles. The molecule has 1 amide bonds. The number of nitrogens with zero attached hydrogens (tertiary/aromatic N) is 1. The Morgan fingerprint density at radius 2 is 2.29 bits per heavy atom. The van der Waals surface area contributed by atoms with Gasteiger partial charge in [0, 0.05) is 12.1 Å². The van der Waals surface area contributed by atoms with Crippen molar-refractivity contribution in [2.75, 3.05) is 19.7 Å². The Labute approximate surface area is 123 Å². The number of likely N-dealkylation sites (tertiary alicyclic amines) is 1. The van der Waals surface area contributed by atoms with Gasteiger partial charge in [-0.1, -0.05) is 11.8 Å². The van der Waals surface area contributed by atoms with Crippen molar-refractivity contribution in [3.05, 3.63) is 35.1 Å². The molecular weight excluding hydrogens is 271 g/mol. The van der Waals surface area contributed by atoms with Crippen molar-refractivity contribution in [1.29, 1.82) is 0 Å². The molecule has 1 heterocycles. The second kappa shape index (κ2) is 7.21. The van der Waals surface area contributed by atoms with Gasteiger partial charge >= 0.3 is 0 Å². The third-order valence-corrected chi connectivity index (χ3v) is 3.64. The number of aliphatic hydroxyl groups is 1. The van der Waals surface area contributed by atoms with Gasteiger partial charge in [-0.3, -0.25) is 4.79 Å². The fourth-order valence-corrected chi connectivity index (χ4v) is 2.57. The Hall–Kier alpha value is -1.90. The molecule has 1 aliphatic rings. The van der Waals surface area contributed by atoms with E-state index >= 15 is 0 Å². The van der Waals surface area contributed by atoms with Crippen LogP contribution in [0.2, 0.25) is 0 Å². The lowest BCUT2D eigenvalue weighted by molar-refractivity contribution is 0.0502. The lowest BCUT2D eigenvalue weighted by Gasteiger charge is -2.34. The quantitative estimate of drug-likeness (QED) is 0.802. The minimum atomic E-state index is -0.440. The van der Waals surface area contributed by atoms with Gasteiger partial charge in [0.25, 0.3) is 5.91 Å². The molecule has 21 heavy (non-hydrogen) atoms. The van der Waals surface area contributed by atoms with Crippen molar-refractivity contribution in [2.24, 2.45) is 5.73 Å². The second-order valence-electron chi connectivity index (χ2n) is 5.03. The fourth-order valence-electron chi connectivity index (χ4n) is 2.57. The van der Waals surface area contributed by atoms with E-state index in [2.05, 4.69) is 11.8 Å².